The molecule has 0 aromatic rings. The van der Waals surface area contributed by atoms with E-state index in [1.165, 1.54) is 0 Å². The first-order valence-electron chi connectivity index (χ1n) is 7.56. The number of carbonyl (C=O) groups excluding carboxylic acids is 1. The smallest absolute Gasteiger partial charge is 0.333 e. The quantitative estimate of drug-likeness (QED) is 0.689. The predicted molar refractivity (Wildman–Crippen MR) is 76.9 cm³/mol. The Balaban J connectivity index is 2.81. The van der Waals surface area contributed by atoms with E-state index in [0.29, 0.717) is 18.4 Å². The Morgan fingerprint density at radius 2 is 1.95 bits per heavy atom. The van der Waals surface area contributed by atoms with E-state index in [2.05, 4.69) is 27.7 Å². The lowest BCUT2D eigenvalue weighted by molar-refractivity contribution is -0.139. The Kier molecular flexibility index (Phi) is 6.56. The Morgan fingerprint density at radius 1 is 1.32 bits per heavy atom. The maximum Gasteiger partial charge on any atom is 0.333 e. The fraction of sp³-hybridized carbons (Fsp3) is 0.812. The molecule has 3 nitrogen and oxygen atoms in total. The zero-order chi connectivity index (χ0) is 14.4. The van der Waals surface area contributed by atoms with Crippen LogP contribution in [-0.4, -0.2) is 24.8 Å². The molecule has 0 fully saturated rings. The molecule has 1 rings (SSSR count). The highest BCUT2D eigenvalue weighted by Crippen LogP contribution is 2.32. The van der Waals surface area contributed by atoms with Crippen molar-refractivity contribution in [3.8, 4) is 0 Å². The molecule has 3 unspecified atom stereocenters. The van der Waals surface area contributed by atoms with Gasteiger partial charge in [0.2, 0.25) is 0 Å². The van der Waals surface area contributed by atoms with Crippen molar-refractivity contribution < 1.29 is 14.3 Å². The van der Waals surface area contributed by atoms with Crippen molar-refractivity contribution >= 4 is 5.97 Å². The van der Waals surface area contributed by atoms with Crippen LogP contribution in [0.15, 0.2) is 11.6 Å². The van der Waals surface area contributed by atoms with Gasteiger partial charge in [-0.15, -0.1) is 0 Å². The lowest BCUT2D eigenvalue weighted by Crippen LogP contribution is -2.34. The summed E-state index contributed by atoms with van der Waals surface area (Å²) < 4.78 is 11.3. The minimum absolute atomic E-state index is 0.0352. The highest BCUT2D eigenvalue weighted by Gasteiger charge is 2.31. The summed E-state index contributed by atoms with van der Waals surface area (Å²) in [7, 11) is 0. The molecule has 110 valence electrons. The molecule has 0 N–H and O–H groups in total. The molecule has 0 aromatic heterocycles. The fourth-order valence-corrected chi connectivity index (χ4v) is 2.52. The van der Waals surface area contributed by atoms with E-state index in [-0.39, 0.29) is 18.2 Å². The standard InChI is InChI=1S/C16H28O3/c1-6-14(7-2)19-15-10-13(16(17)18-8-3)9-11(4)12(15)5/h10-12,14-15H,6-9H2,1-5H3. The fourth-order valence-electron chi connectivity index (χ4n) is 2.52. The van der Waals surface area contributed by atoms with Crippen molar-refractivity contribution in [3.05, 3.63) is 11.6 Å². The minimum atomic E-state index is -0.181. The third-order valence-electron chi connectivity index (χ3n) is 4.12. The lowest BCUT2D eigenvalue weighted by atomic mass is 9.80. The Hall–Kier alpha value is -0.830. The lowest BCUT2D eigenvalue weighted by Gasteiger charge is -2.34. The molecule has 0 aliphatic heterocycles. The van der Waals surface area contributed by atoms with E-state index in [1.54, 1.807) is 0 Å². The summed E-state index contributed by atoms with van der Waals surface area (Å²) in [6, 6.07) is 0. The molecule has 0 saturated heterocycles. The highest BCUT2D eigenvalue weighted by atomic mass is 16.5. The van der Waals surface area contributed by atoms with Gasteiger partial charge >= 0.3 is 5.97 Å². The maximum atomic E-state index is 11.9. The average molecular weight is 268 g/mol. The molecule has 0 saturated carbocycles. The largest absolute Gasteiger partial charge is 0.463 e. The monoisotopic (exact) mass is 268 g/mol. The van der Waals surface area contributed by atoms with Crippen LogP contribution in [0.5, 0.6) is 0 Å². The van der Waals surface area contributed by atoms with Gasteiger partial charge in [-0.3, -0.25) is 0 Å². The third kappa shape index (κ3) is 4.34. The number of esters is 1. The van der Waals surface area contributed by atoms with Crippen LogP contribution < -0.4 is 0 Å². The summed E-state index contributed by atoms with van der Waals surface area (Å²) in [6.07, 6.45) is 5.11. The molecule has 19 heavy (non-hydrogen) atoms. The van der Waals surface area contributed by atoms with Gasteiger partial charge in [0.1, 0.15) is 0 Å². The normalized spacial score (nSPS) is 27.3. The first-order chi connectivity index (χ1) is 9.03. The van der Waals surface area contributed by atoms with Crippen LogP contribution in [0.4, 0.5) is 0 Å². The van der Waals surface area contributed by atoms with Gasteiger partial charge in [0.25, 0.3) is 0 Å². The van der Waals surface area contributed by atoms with E-state index in [4.69, 9.17) is 9.47 Å². The number of carbonyl (C=O) groups is 1. The number of ether oxygens (including phenoxy) is 2. The van der Waals surface area contributed by atoms with Crippen molar-refractivity contribution in [1.82, 2.24) is 0 Å². The molecule has 0 amide bonds. The molecule has 3 atom stereocenters. The second-order valence-electron chi connectivity index (χ2n) is 5.49. The summed E-state index contributed by atoms with van der Waals surface area (Å²) in [5.41, 5.74) is 0.781. The van der Waals surface area contributed by atoms with Crippen LogP contribution >= 0.6 is 0 Å². The molecule has 0 radical (unpaired) electrons. The summed E-state index contributed by atoms with van der Waals surface area (Å²) in [6.45, 7) is 10.9. The number of rotatable bonds is 6. The van der Waals surface area contributed by atoms with Gasteiger partial charge in [0, 0.05) is 5.57 Å². The third-order valence-corrected chi connectivity index (χ3v) is 4.12. The summed E-state index contributed by atoms with van der Waals surface area (Å²) in [5.74, 6) is 0.710. The Labute approximate surface area is 117 Å². The van der Waals surface area contributed by atoms with Gasteiger partial charge in [0.15, 0.2) is 0 Å². The van der Waals surface area contributed by atoms with E-state index >= 15 is 0 Å². The molecule has 0 aromatic carbocycles. The van der Waals surface area contributed by atoms with E-state index in [9.17, 15) is 4.79 Å². The number of hydrogen-bond acceptors (Lipinski definition) is 3. The molecule has 3 heteroatoms. The molecular weight excluding hydrogens is 240 g/mol. The summed E-state index contributed by atoms with van der Waals surface area (Å²) >= 11 is 0. The van der Waals surface area contributed by atoms with Gasteiger partial charge in [-0.2, -0.15) is 0 Å². The zero-order valence-corrected chi connectivity index (χ0v) is 12.9. The molecule has 1 aliphatic rings. The first-order valence-corrected chi connectivity index (χ1v) is 7.56. The molecule has 1 aliphatic carbocycles. The molecular formula is C16H28O3. The molecule has 0 heterocycles. The van der Waals surface area contributed by atoms with Gasteiger partial charge in [0.05, 0.1) is 18.8 Å². The second-order valence-corrected chi connectivity index (χ2v) is 5.49. The van der Waals surface area contributed by atoms with Crippen molar-refractivity contribution in [2.45, 2.75) is 66.1 Å². The van der Waals surface area contributed by atoms with Crippen molar-refractivity contribution in [2.75, 3.05) is 6.61 Å². The number of hydrogen-bond donors (Lipinski definition) is 0. The van der Waals surface area contributed by atoms with Crippen molar-refractivity contribution in [1.29, 1.82) is 0 Å². The van der Waals surface area contributed by atoms with Gasteiger partial charge < -0.3 is 9.47 Å². The van der Waals surface area contributed by atoms with Crippen molar-refractivity contribution in [2.24, 2.45) is 11.8 Å². The van der Waals surface area contributed by atoms with Crippen LogP contribution in [-0.2, 0) is 14.3 Å². The molecule has 0 spiro atoms. The van der Waals surface area contributed by atoms with Crippen molar-refractivity contribution in [3.63, 3.8) is 0 Å². The van der Waals surface area contributed by atoms with Crippen LogP contribution in [0, 0.1) is 11.8 Å². The van der Waals surface area contributed by atoms with Gasteiger partial charge in [-0.05, 0) is 44.1 Å². The van der Waals surface area contributed by atoms with E-state index < -0.39 is 0 Å². The predicted octanol–water partition coefficient (Wildman–Crippen LogP) is 3.73. The van der Waals surface area contributed by atoms with Crippen LogP contribution in [0.2, 0.25) is 0 Å². The first kappa shape index (κ1) is 16.2. The Bertz CT molecular complexity index is 318. The maximum absolute atomic E-state index is 11.9. The second kappa shape index (κ2) is 7.68. The summed E-state index contributed by atoms with van der Waals surface area (Å²) in [5, 5.41) is 0. The minimum Gasteiger partial charge on any atom is -0.463 e. The molecule has 0 bridgehead atoms. The highest BCUT2D eigenvalue weighted by molar-refractivity contribution is 5.88. The van der Waals surface area contributed by atoms with Crippen LogP contribution in [0.1, 0.15) is 53.9 Å². The van der Waals surface area contributed by atoms with Crippen LogP contribution in [0.25, 0.3) is 0 Å². The topological polar surface area (TPSA) is 35.5 Å². The Morgan fingerprint density at radius 3 is 2.47 bits per heavy atom. The summed E-state index contributed by atoms with van der Waals surface area (Å²) in [4.78, 5) is 11.9. The average Bonchev–Trinajstić information content (AvgIpc) is 2.40. The van der Waals surface area contributed by atoms with Gasteiger partial charge in [-0.25, -0.2) is 4.79 Å². The van der Waals surface area contributed by atoms with E-state index in [1.807, 2.05) is 13.0 Å². The zero-order valence-electron chi connectivity index (χ0n) is 12.9. The SMILES string of the molecule is CCOC(=O)C1=CC(OC(CC)CC)C(C)C(C)C1. The van der Waals surface area contributed by atoms with Crippen LogP contribution in [0.3, 0.4) is 0 Å². The van der Waals surface area contributed by atoms with E-state index in [0.717, 1.165) is 24.8 Å². The van der Waals surface area contributed by atoms with Gasteiger partial charge in [-0.1, -0.05) is 27.7 Å².